The average molecular weight is 329 g/mol. The highest BCUT2D eigenvalue weighted by atomic mass is 16.5. The first-order valence-electron chi connectivity index (χ1n) is 8.44. The van der Waals surface area contributed by atoms with Crippen molar-refractivity contribution < 1.29 is 14.1 Å². The molecule has 128 valence electrons. The largest absolute Gasteiger partial charge is 0.370 e. The summed E-state index contributed by atoms with van der Waals surface area (Å²) in [5.41, 5.74) is 1.73. The fourth-order valence-corrected chi connectivity index (χ4v) is 2.72. The van der Waals surface area contributed by atoms with Crippen LogP contribution in [0.1, 0.15) is 54.5 Å². The molecule has 24 heavy (non-hydrogen) atoms. The molecule has 0 aromatic carbocycles. The van der Waals surface area contributed by atoms with E-state index in [4.69, 9.17) is 9.26 Å². The van der Waals surface area contributed by atoms with Crippen LogP contribution in [0.3, 0.4) is 0 Å². The van der Waals surface area contributed by atoms with Gasteiger partial charge in [-0.1, -0.05) is 25.1 Å². The van der Waals surface area contributed by atoms with Crippen molar-refractivity contribution in [3.63, 3.8) is 0 Å². The summed E-state index contributed by atoms with van der Waals surface area (Å²) in [6.07, 6.45) is 3.58. The van der Waals surface area contributed by atoms with Crippen molar-refractivity contribution in [2.75, 3.05) is 13.1 Å². The Kier molecular flexibility index (Phi) is 5.25. The highest BCUT2D eigenvalue weighted by molar-refractivity contribution is 5.91. The topological polar surface area (TPSA) is 68.5 Å². The average Bonchev–Trinajstić information content (AvgIpc) is 3.29. The van der Waals surface area contributed by atoms with E-state index in [1.54, 1.807) is 17.2 Å². The SMILES string of the molecule is CC[C@@H](C)c1cc(C(=O)N2CC[C@H](OCc3ccccn3)C2)on1. The smallest absolute Gasteiger partial charge is 0.292 e. The molecule has 1 aliphatic rings. The second-order valence-corrected chi connectivity index (χ2v) is 6.22. The zero-order chi connectivity index (χ0) is 16.9. The Morgan fingerprint density at radius 2 is 2.38 bits per heavy atom. The molecule has 0 unspecified atom stereocenters. The number of aromatic nitrogens is 2. The number of hydrogen-bond acceptors (Lipinski definition) is 5. The van der Waals surface area contributed by atoms with Gasteiger partial charge in [-0.15, -0.1) is 0 Å². The normalized spacial score (nSPS) is 18.8. The van der Waals surface area contributed by atoms with E-state index in [1.807, 2.05) is 18.2 Å². The van der Waals surface area contributed by atoms with E-state index >= 15 is 0 Å². The Morgan fingerprint density at radius 3 is 3.12 bits per heavy atom. The van der Waals surface area contributed by atoms with Crippen LogP contribution in [-0.4, -0.2) is 40.1 Å². The van der Waals surface area contributed by atoms with Crippen LogP contribution in [0.2, 0.25) is 0 Å². The Morgan fingerprint density at radius 1 is 1.50 bits per heavy atom. The third kappa shape index (κ3) is 3.82. The van der Waals surface area contributed by atoms with Gasteiger partial charge in [0.2, 0.25) is 5.76 Å². The summed E-state index contributed by atoms with van der Waals surface area (Å²) < 4.78 is 11.1. The number of rotatable bonds is 6. The number of carbonyl (C=O) groups is 1. The number of amides is 1. The maximum Gasteiger partial charge on any atom is 0.292 e. The van der Waals surface area contributed by atoms with Gasteiger partial charge in [0.05, 0.1) is 24.1 Å². The quantitative estimate of drug-likeness (QED) is 0.815. The summed E-state index contributed by atoms with van der Waals surface area (Å²) in [6.45, 7) is 5.87. The summed E-state index contributed by atoms with van der Waals surface area (Å²) in [7, 11) is 0. The summed E-state index contributed by atoms with van der Waals surface area (Å²) in [5.74, 6) is 0.500. The number of pyridine rings is 1. The lowest BCUT2D eigenvalue weighted by atomic mass is 10.1. The molecule has 1 fully saturated rings. The lowest BCUT2D eigenvalue weighted by Crippen LogP contribution is -2.29. The summed E-state index contributed by atoms with van der Waals surface area (Å²) in [4.78, 5) is 18.5. The molecule has 2 aromatic rings. The van der Waals surface area contributed by atoms with Gasteiger partial charge < -0.3 is 14.2 Å². The van der Waals surface area contributed by atoms with Gasteiger partial charge in [-0.3, -0.25) is 9.78 Å². The third-order valence-corrected chi connectivity index (χ3v) is 4.48. The van der Waals surface area contributed by atoms with E-state index in [2.05, 4.69) is 24.0 Å². The molecule has 1 saturated heterocycles. The first-order valence-corrected chi connectivity index (χ1v) is 8.44. The van der Waals surface area contributed by atoms with Gasteiger partial charge >= 0.3 is 0 Å². The number of carbonyl (C=O) groups excluding carboxylic acids is 1. The molecule has 0 aliphatic carbocycles. The standard InChI is InChI=1S/C18H23N3O3/c1-3-13(2)16-10-17(24-20-16)18(22)21-9-7-15(11-21)23-12-14-6-4-5-8-19-14/h4-6,8,10,13,15H,3,7,9,11-12H2,1-2H3/t13-,15+/m1/s1. The number of ether oxygens (including phenoxy) is 1. The van der Waals surface area contributed by atoms with Gasteiger partial charge in [0.15, 0.2) is 0 Å². The maximum atomic E-state index is 12.5. The minimum absolute atomic E-state index is 0.0351. The maximum absolute atomic E-state index is 12.5. The molecule has 3 heterocycles. The molecule has 0 N–H and O–H groups in total. The van der Waals surface area contributed by atoms with Crippen molar-refractivity contribution in [1.82, 2.24) is 15.0 Å². The molecular weight excluding hydrogens is 306 g/mol. The molecule has 0 radical (unpaired) electrons. The van der Waals surface area contributed by atoms with Crippen molar-refractivity contribution in [1.29, 1.82) is 0 Å². The van der Waals surface area contributed by atoms with Crippen molar-refractivity contribution in [3.8, 4) is 0 Å². The van der Waals surface area contributed by atoms with Crippen molar-refractivity contribution >= 4 is 5.91 Å². The van der Waals surface area contributed by atoms with E-state index in [1.165, 1.54) is 0 Å². The van der Waals surface area contributed by atoms with Gasteiger partial charge in [0.1, 0.15) is 0 Å². The van der Waals surface area contributed by atoms with Gasteiger partial charge in [-0.05, 0) is 25.0 Å². The van der Waals surface area contributed by atoms with Crippen LogP contribution in [0.25, 0.3) is 0 Å². The van der Waals surface area contributed by atoms with Gasteiger partial charge in [0.25, 0.3) is 5.91 Å². The predicted molar refractivity (Wildman–Crippen MR) is 88.5 cm³/mol. The molecule has 2 aromatic heterocycles. The third-order valence-electron chi connectivity index (χ3n) is 4.48. The Hall–Kier alpha value is -2.21. The highest BCUT2D eigenvalue weighted by Gasteiger charge is 2.30. The van der Waals surface area contributed by atoms with Crippen LogP contribution in [-0.2, 0) is 11.3 Å². The van der Waals surface area contributed by atoms with Gasteiger partial charge in [-0.2, -0.15) is 0 Å². The van der Waals surface area contributed by atoms with Crippen molar-refractivity contribution in [2.24, 2.45) is 0 Å². The number of nitrogens with zero attached hydrogens (tertiary/aromatic N) is 3. The van der Waals surface area contributed by atoms with E-state index in [-0.39, 0.29) is 12.0 Å². The molecule has 0 bridgehead atoms. The Labute approximate surface area is 141 Å². The van der Waals surface area contributed by atoms with Gasteiger partial charge in [-0.25, -0.2) is 0 Å². The molecule has 0 spiro atoms. The van der Waals surface area contributed by atoms with E-state index in [9.17, 15) is 4.79 Å². The summed E-state index contributed by atoms with van der Waals surface area (Å²) in [5, 5.41) is 4.01. The van der Waals surface area contributed by atoms with Crippen LogP contribution in [0, 0.1) is 0 Å². The van der Waals surface area contributed by atoms with E-state index in [0.29, 0.717) is 31.4 Å². The molecule has 1 amide bonds. The van der Waals surface area contributed by atoms with Crippen molar-refractivity contribution in [2.45, 2.75) is 45.3 Å². The van der Waals surface area contributed by atoms with E-state index < -0.39 is 0 Å². The monoisotopic (exact) mass is 329 g/mol. The molecule has 1 aliphatic heterocycles. The fourth-order valence-electron chi connectivity index (χ4n) is 2.72. The molecule has 6 nitrogen and oxygen atoms in total. The molecule has 2 atom stereocenters. The highest BCUT2D eigenvalue weighted by Crippen LogP contribution is 2.21. The van der Waals surface area contributed by atoms with Crippen LogP contribution >= 0.6 is 0 Å². The Balaban J connectivity index is 1.53. The van der Waals surface area contributed by atoms with Crippen LogP contribution in [0.15, 0.2) is 35.0 Å². The number of hydrogen-bond donors (Lipinski definition) is 0. The minimum Gasteiger partial charge on any atom is -0.370 e. The molecule has 3 rings (SSSR count). The second kappa shape index (κ2) is 7.57. The first kappa shape index (κ1) is 16.6. The molecular formula is C18H23N3O3. The lowest BCUT2D eigenvalue weighted by molar-refractivity contribution is 0.0413. The summed E-state index contributed by atoms with van der Waals surface area (Å²) >= 11 is 0. The lowest BCUT2D eigenvalue weighted by Gasteiger charge is -2.15. The zero-order valence-electron chi connectivity index (χ0n) is 14.1. The zero-order valence-corrected chi connectivity index (χ0v) is 14.1. The van der Waals surface area contributed by atoms with Crippen LogP contribution in [0.4, 0.5) is 0 Å². The van der Waals surface area contributed by atoms with Crippen molar-refractivity contribution in [3.05, 3.63) is 47.6 Å². The molecule has 6 heteroatoms. The minimum atomic E-state index is -0.110. The van der Waals surface area contributed by atoms with Crippen LogP contribution in [0.5, 0.6) is 0 Å². The van der Waals surface area contributed by atoms with E-state index in [0.717, 1.165) is 24.2 Å². The van der Waals surface area contributed by atoms with Gasteiger partial charge in [0, 0.05) is 31.3 Å². The Bertz CT molecular complexity index is 671. The fraction of sp³-hybridized carbons (Fsp3) is 0.500. The molecule has 0 saturated carbocycles. The second-order valence-electron chi connectivity index (χ2n) is 6.22. The summed E-state index contributed by atoms with van der Waals surface area (Å²) in [6, 6.07) is 7.51. The van der Waals surface area contributed by atoms with Crippen LogP contribution < -0.4 is 0 Å². The first-order chi connectivity index (χ1) is 11.7. The number of likely N-dealkylation sites (tertiary alicyclic amines) is 1. The predicted octanol–water partition coefficient (Wildman–Crippen LogP) is 3.01.